The fourth-order valence-corrected chi connectivity index (χ4v) is 4.70. The fourth-order valence-electron chi connectivity index (χ4n) is 3.18. The Morgan fingerprint density at radius 2 is 1.79 bits per heavy atom. The summed E-state index contributed by atoms with van der Waals surface area (Å²) in [6.45, 7) is -0.0907. The van der Waals surface area contributed by atoms with Crippen molar-refractivity contribution in [2.75, 3.05) is 4.90 Å². The van der Waals surface area contributed by atoms with Gasteiger partial charge in [0.05, 0.1) is 21.2 Å². The second kappa shape index (κ2) is 9.77. The van der Waals surface area contributed by atoms with E-state index in [4.69, 9.17) is 28.6 Å². The van der Waals surface area contributed by atoms with Crippen molar-refractivity contribution in [1.82, 2.24) is 0 Å². The van der Waals surface area contributed by atoms with Crippen LogP contribution in [0.25, 0.3) is 6.08 Å². The molecule has 1 aliphatic rings. The smallest absolute Gasteiger partial charge is 0.416 e. The lowest BCUT2D eigenvalue weighted by molar-refractivity contribution is -0.137. The van der Waals surface area contributed by atoms with Crippen LogP contribution in [0.2, 0.25) is 5.02 Å². The molecule has 0 atom stereocenters. The van der Waals surface area contributed by atoms with Crippen LogP contribution >= 0.6 is 35.6 Å². The van der Waals surface area contributed by atoms with Crippen molar-refractivity contribution < 1.29 is 27.1 Å². The third kappa shape index (κ3) is 5.27. The van der Waals surface area contributed by atoms with Gasteiger partial charge in [-0.15, -0.1) is 0 Å². The molecule has 0 N–H and O–H groups in total. The van der Waals surface area contributed by atoms with Crippen molar-refractivity contribution in [3.8, 4) is 5.75 Å². The van der Waals surface area contributed by atoms with Crippen LogP contribution in [-0.2, 0) is 17.6 Å². The molecule has 1 heterocycles. The van der Waals surface area contributed by atoms with Crippen molar-refractivity contribution >= 4 is 57.6 Å². The number of hydrogen-bond acceptors (Lipinski definition) is 4. The molecule has 0 spiro atoms. The fraction of sp³-hybridized carbons (Fsp3) is 0.0833. The number of benzene rings is 3. The van der Waals surface area contributed by atoms with Gasteiger partial charge in [-0.1, -0.05) is 59.8 Å². The Kier molecular flexibility index (Phi) is 6.97. The van der Waals surface area contributed by atoms with Crippen molar-refractivity contribution in [1.29, 1.82) is 0 Å². The number of ether oxygens (including phenoxy) is 1. The molecule has 0 aliphatic carbocycles. The summed E-state index contributed by atoms with van der Waals surface area (Å²) in [4.78, 5) is 14.3. The molecule has 3 aromatic rings. The molecule has 0 unspecified atom stereocenters. The van der Waals surface area contributed by atoms with E-state index in [1.165, 1.54) is 24.3 Å². The van der Waals surface area contributed by atoms with Gasteiger partial charge in [0, 0.05) is 5.56 Å². The van der Waals surface area contributed by atoms with E-state index in [1.54, 1.807) is 36.4 Å². The molecule has 4 rings (SSSR count). The molecule has 0 radical (unpaired) electrons. The molecule has 34 heavy (non-hydrogen) atoms. The lowest BCUT2D eigenvalue weighted by Gasteiger charge is -2.16. The zero-order chi connectivity index (χ0) is 24.5. The summed E-state index contributed by atoms with van der Waals surface area (Å²) < 4.78 is 59.0. The zero-order valence-corrected chi connectivity index (χ0v) is 19.5. The number of nitrogens with zero attached hydrogens (tertiary/aromatic N) is 1. The van der Waals surface area contributed by atoms with Crippen molar-refractivity contribution in [3.05, 3.63) is 99.2 Å². The van der Waals surface area contributed by atoms with Crippen LogP contribution in [0.5, 0.6) is 5.75 Å². The minimum absolute atomic E-state index is 0.0413. The lowest BCUT2D eigenvalue weighted by atomic mass is 10.1. The summed E-state index contributed by atoms with van der Waals surface area (Å²) in [5.74, 6) is -0.595. The van der Waals surface area contributed by atoms with Crippen molar-refractivity contribution in [3.63, 3.8) is 0 Å². The number of hydrogen-bond donors (Lipinski definition) is 0. The van der Waals surface area contributed by atoms with Gasteiger partial charge in [-0.05, 0) is 54.1 Å². The number of amides is 1. The maximum absolute atomic E-state index is 14.0. The predicted molar refractivity (Wildman–Crippen MR) is 129 cm³/mol. The van der Waals surface area contributed by atoms with Crippen molar-refractivity contribution in [2.24, 2.45) is 0 Å². The van der Waals surface area contributed by atoms with Crippen LogP contribution in [0.4, 0.5) is 23.2 Å². The van der Waals surface area contributed by atoms with Crippen LogP contribution in [0.3, 0.4) is 0 Å². The number of halogens is 5. The predicted octanol–water partition coefficient (Wildman–Crippen LogP) is 7.48. The van der Waals surface area contributed by atoms with Crippen LogP contribution < -0.4 is 9.64 Å². The highest BCUT2D eigenvalue weighted by molar-refractivity contribution is 8.27. The summed E-state index contributed by atoms with van der Waals surface area (Å²) >= 11 is 12.3. The van der Waals surface area contributed by atoms with Gasteiger partial charge < -0.3 is 4.74 Å². The average molecular weight is 524 g/mol. The van der Waals surface area contributed by atoms with E-state index in [0.29, 0.717) is 11.3 Å². The second-order valence-corrected chi connectivity index (χ2v) is 9.21. The Labute approximate surface area is 207 Å². The van der Waals surface area contributed by atoms with E-state index in [1.807, 2.05) is 0 Å². The van der Waals surface area contributed by atoms with Gasteiger partial charge in [0.1, 0.15) is 18.2 Å². The number of carbonyl (C=O) groups is 1. The molecule has 1 aliphatic heterocycles. The first-order valence-corrected chi connectivity index (χ1v) is 11.3. The Morgan fingerprint density at radius 1 is 1.06 bits per heavy atom. The standard InChI is InChI=1S/C24H14ClF4NO2S2/c25-19-8-3-9-20(26)18(19)13-32-17-7-1-4-14(10-17)11-21-22(31)30(23(33)34-21)16-6-2-5-15(12-16)24(27,28)29/h1-12H,13H2/b21-11-. The molecule has 174 valence electrons. The van der Waals surface area contributed by atoms with Gasteiger partial charge >= 0.3 is 6.18 Å². The number of thiocarbonyl (C=S) groups is 1. The number of thioether (sulfide) groups is 1. The highest BCUT2D eigenvalue weighted by atomic mass is 35.5. The first-order chi connectivity index (χ1) is 16.1. The molecular weight excluding hydrogens is 510 g/mol. The number of anilines is 1. The third-order valence-electron chi connectivity index (χ3n) is 4.83. The van der Waals surface area contributed by atoms with E-state index in [9.17, 15) is 22.4 Å². The average Bonchev–Trinajstić information content (AvgIpc) is 3.06. The molecule has 0 bridgehead atoms. The van der Waals surface area contributed by atoms with E-state index in [0.717, 1.165) is 28.8 Å². The minimum Gasteiger partial charge on any atom is -0.489 e. The normalized spacial score (nSPS) is 15.3. The quantitative estimate of drug-likeness (QED) is 0.197. The van der Waals surface area contributed by atoms with Gasteiger partial charge in [-0.25, -0.2) is 4.39 Å². The molecule has 10 heteroatoms. The zero-order valence-electron chi connectivity index (χ0n) is 17.1. The summed E-state index contributed by atoms with van der Waals surface area (Å²) in [5, 5.41) is 0.245. The van der Waals surface area contributed by atoms with E-state index < -0.39 is 23.5 Å². The van der Waals surface area contributed by atoms with Crippen LogP contribution in [0.1, 0.15) is 16.7 Å². The topological polar surface area (TPSA) is 29.5 Å². The third-order valence-corrected chi connectivity index (χ3v) is 6.48. The van der Waals surface area contributed by atoms with Gasteiger partial charge in [0.25, 0.3) is 5.91 Å². The van der Waals surface area contributed by atoms with Crippen LogP contribution in [0.15, 0.2) is 71.6 Å². The summed E-state index contributed by atoms with van der Waals surface area (Å²) in [6.07, 6.45) is -2.98. The lowest BCUT2D eigenvalue weighted by Crippen LogP contribution is -2.27. The number of carbonyl (C=O) groups excluding carboxylic acids is 1. The second-order valence-electron chi connectivity index (χ2n) is 7.13. The SMILES string of the molecule is O=C1/C(=C/c2cccc(OCc3c(F)cccc3Cl)c2)SC(=S)N1c1cccc(C(F)(F)F)c1. The van der Waals surface area contributed by atoms with Crippen molar-refractivity contribution in [2.45, 2.75) is 12.8 Å². The first-order valence-electron chi connectivity index (χ1n) is 9.74. The van der Waals surface area contributed by atoms with Crippen LogP contribution in [-0.4, -0.2) is 10.2 Å². The first kappa shape index (κ1) is 24.3. The molecule has 1 saturated heterocycles. The molecule has 3 nitrogen and oxygen atoms in total. The molecule has 1 fully saturated rings. The summed E-state index contributed by atoms with van der Waals surface area (Å²) in [6, 6.07) is 15.5. The highest BCUT2D eigenvalue weighted by Gasteiger charge is 2.36. The van der Waals surface area contributed by atoms with Gasteiger partial charge in [0.2, 0.25) is 0 Å². The summed E-state index contributed by atoms with van der Waals surface area (Å²) in [5.41, 5.74) is -0.0133. The minimum atomic E-state index is -4.54. The maximum Gasteiger partial charge on any atom is 0.416 e. The van der Waals surface area contributed by atoms with E-state index >= 15 is 0 Å². The molecule has 1 amide bonds. The van der Waals surface area contributed by atoms with Gasteiger partial charge in [-0.2, -0.15) is 13.2 Å². The Balaban J connectivity index is 1.54. The van der Waals surface area contributed by atoms with Gasteiger partial charge in [-0.3, -0.25) is 9.69 Å². The molecule has 0 saturated carbocycles. The Hall–Kier alpha value is -2.88. The summed E-state index contributed by atoms with van der Waals surface area (Å²) in [7, 11) is 0. The van der Waals surface area contributed by atoms with E-state index in [2.05, 4.69) is 0 Å². The molecule has 3 aromatic carbocycles. The Bertz CT molecular complexity index is 1290. The molecular formula is C24H14ClF4NO2S2. The highest BCUT2D eigenvalue weighted by Crippen LogP contribution is 2.38. The maximum atomic E-state index is 14.0. The van der Waals surface area contributed by atoms with E-state index in [-0.39, 0.29) is 32.1 Å². The Morgan fingerprint density at radius 3 is 2.53 bits per heavy atom. The molecule has 0 aromatic heterocycles. The van der Waals surface area contributed by atoms with Crippen LogP contribution in [0, 0.1) is 5.82 Å². The largest absolute Gasteiger partial charge is 0.489 e. The monoisotopic (exact) mass is 523 g/mol. The number of alkyl halides is 3. The number of rotatable bonds is 5. The van der Waals surface area contributed by atoms with Gasteiger partial charge in [0.15, 0.2) is 4.32 Å².